The highest BCUT2D eigenvalue weighted by Crippen LogP contribution is 2.28. The first-order valence-electron chi connectivity index (χ1n) is 4.50. The minimum Gasteiger partial charge on any atom is -0.465 e. The zero-order valence-electron chi connectivity index (χ0n) is 8.93. The van der Waals surface area contributed by atoms with Gasteiger partial charge in [0.1, 0.15) is 5.75 Å². The predicted octanol–water partition coefficient (Wildman–Crippen LogP) is 3.44. The van der Waals surface area contributed by atoms with Crippen LogP contribution in [-0.2, 0) is 4.74 Å². The van der Waals surface area contributed by atoms with Crippen LogP contribution in [0, 0.1) is 13.8 Å². The van der Waals surface area contributed by atoms with Crippen molar-refractivity contribution in [2.45, 2.75) is 27.1 Å². The summed E-state index contributed by atoms with van der Waals surface area (Å²) in [6, 6.07) is 4.06. The van der Waals surface area contributed by atoms with E-state index in [1.165, 1.54) is 0 Å². The van der Waals surface area contributed by atoms with E-state index in [-0.39, 0.29) is 6.29 Å². The molecule has 0 aliphatic heterocycles. The first-order chi connectivity index (χ1) is 6.54. The van der Waals surface area contributed by atoms with E-state index in [1.807, 2.05) is 32.9 Å². The molecule has 0 amide bonds. The van der Waals surface area contributed by atoms with Gasteiger partial charge in [-0.3, -0.25) is 0 Å². The smallest absolute Gasteiger partial charge is 0.196 e. The third-order valence-electron chi connectivity index (χ3n) is 2.04. The first kappa shape index (κ1) is 11.5. The monoisotopic (exact) mass is 258 g/mol. The van der Waals surface area contributed by atoms with Crippen LogP contribution in [0.1, 0.15) is 18.1 Å². The number of benzene rings is 1. The second kappa shape index (κ2) is 4.80. The molecule has 0 aliphatic carbocycles. The van der Waals surface area contributed by atoms with Crippen molar-refractivity contribution in [3.63, 3.8) is 0 Å². The van der Waals surface area contributed by atoms with Gasteiger partial charge >= 0.3 is 0 Å². The number of aryl methyl sites for hydroxylation is 2. The molecule has 0 N–H and O–H groups in total. The molecule has 0 heterocycles. The molecule has 0 fully saturated rings. The quantitative estimate of drug-likeness (QED) is 0.774. The maximum atomic E-state index is 5.64. The second-order valence-corrected chi connectivity index (χ2v) is 4.21. The Hall–Kier alpha value is -0.540. The molecule has 0 saturated heterocycles. The van der Waals surface area contributed by atoms with Crippen molar-refractivity contribution in [1.82, 2.24) is 0 Å². The summed E-state index contributed by atoms with van der Waals surface area (Å²) in [6.45, 7) is 5.92. The van der Waals surface area contributed by atoms with Crippen LogP contribution < -0.4 is 4.74 Å². The largest absolute Gasteiger partial charge is 0.465 e. The van der Waals surface area contributed by atoms with Crippen LogP contribution in [0.5, 0.6) is 5.75 Å². The molecule has 1 aromatic carbocycles. The topological polar surface area (TPSA) is 18.5 Å². The van der Waals surface area contributed by atoms with Crippen molar-refractivity contribution >= 4 is 15.9 Å². The zero-order valence-corrected chi connectivity index (χ0v) is 10.5. The van der Waals surface area contributed by atoms with Crippen LogP contribution in [0.3, 0.4) is 0 Å². The van der Waals surface area contributed by atoms with E-state index in [1.54, 1.807) is 7.11 Å². The lowest BCUT2D eigenvalue weighted by atomic mass is 10.1. The van der Waals surface area contributed by atoms with Gasteiger partial charge in [-0.1, -0.05) is 15.9 Å². The van der Waals surface area contributed by atoms with Gasteiger partial charge < -0.3 is 9.47 Å². The van der Waals surface area contributed by atoms with E-state index in [0.29, 0.717) is 0 Å². The normalized spacial score (nSPS) is 12.6. The average molecular weight is 259 g/mol. The van der Waals surface area contributed by atoms with Crippen LogP contribution >= 0.6 is 15.9 Å². The maximum Gasteiger partial charge on any atom is 0.196 e. The standard InChI is InChI=1S/C11H15BrO2/c1-7-5-10(12)6-8(2)11(7)14-9(3)13-4/h5-6,9H,1-4H3. The molecular weight excluding hydrogens is 244 g/mol. The summed E-state index contributed by atoms with van der Waals surface area (Å²) >= 11 is 3.44. The number of halogens is 1. The fourth-order valence-corrected chi connectivity index (χ4v) is 1.98. The number of ether oxygens (including phenoxy) is 2. The van der Waals surface area contributed by atoms with E-state index < -0.39 is 0 Å². The molecule has 0 bridgehead atoms. The molecule has 78 valence electrons. The van der Waals surface area contributed by atoms with Crippen LogP contribution in [0.25, 0.3) is 0 Å². The highest BCUT2D eigenvalue weighted by Gasteiger charge is 2.08. The molecule has 0 radical (unpaired) electrons. The van der Waals surface area contributed by atoms with E-state index >= 15 is 0 Å². The maximum absolute atomic E-state index is 5.64. The Morgan fingerprint density at radius 2 is 1.71 bits per heavy atom. The van der Waals surface area contributed by atoms with Crippen molar-refractivity contribution in [2.24, 2.45) is 0 Å². The molecule has 1 atom stereocenters. The van der Waals surface area contributed by atoms with Gasteiger partial charge in [-0.05, 0) is 44.0 Å². The summed E-state index contributed by atoms with van der Waals surface area (Å²) < 4.78 is 11.8. The third kappa shape index (κ3) is 2.72. The lowest BCUT2D eigenvalue weighted by molar-refractivity contribution is -0.0390. The predicted molar refractivity (Wildman–Crippen MR) is 60.7 cm³/mol. The highest BCUT2D eigenvalue weighted by molar-refractivity contribution is 9.10. The van der Waals surface area contributed by atoms with Gasteiger partial charge in [-0.15, -0.1) is 0 Å². The molecule has 0 spiro atoms. The van der Waals surface area contributed by atoms with E-state index in [9.17, 15) is 0 Å². The molecule has 1 rings (SSSR count). The Kier molecular flexibility index (Phi) is 3.96. The Labute approximate surface area is 93.4 Å². The van der Waals surface area contributed by atoms with Crippen LogP contribution in [-0.4, -0.2) is 13.4 Å². The average Bonchev–Trinajstić information content (AvgIpc) is 2.10. The van der Waals surface area contributed by atoms with Gasteiger partial charge in [0, 0.05) is 11.6 Å². The summed E-state index contributed by atoms with van der Waals surface area (Å²) in [7, 11) is 1.63. The molecule has 0 aliphatic rings. The van der Waals surface area contributed by atoms with Gasteiger partial charge in [0.25, 0.3) is 0 Å². The summed E-state index contributed by atoms with van der Waals surface area (Å²) in [5, 5.41) is 0. The van der Waals surface area contributed by atoms with Crippen molar-refractivity contribution in [2.75, 3.05) is 7.11 Å². The first-order valence-corrected chi connectivity index (χ1v) is 5.30. The van der Waals surface area contributed by atoms with Crippen molar-refractivity contribution in [1.29, 1.82) is 0 Å². The van der Waals surface area contributed by atoms with Crippen molar-refractivity contribution in [3.05, 3.63) is 27.7 Å². The van der Waals surface area contributed by atoms with Crippen molar-refractivity contribution < 1.29 is 9.47 Å². The molecule has 1 unspecified atom stereocenters. The zero-order chi connectivity index (χ0) is 10.7. The summed E-state index contributed by atoms with van der Waals surface area (Å²) in [5.41, 5.74) is 2.22. The van der Waals surface area contributed by atoms with Crippen LogP contribution in [0.15, 0.2) is 16.6 Å². The van der Waals surface area contributed by atoms with Crippen molar-refractivity contribution in [3.8, 4) is 5.75 Å². The minimum absolute atomic E-state index is 0.214. The van der Waals surface area contributed by atoms with Gasteiger partial charge in [0.15, 0.2) is 6.29 Å². The lowest BCUT2D eigenvalue weighted by Crippen LogP contribution is -2.14. The fraction of sp³-hybridized carbons (Fsp3) is 0.455. The Balaban J connectivity index is 2.96. The molecule has 0 saturated carbocycles. The lowest BCUT2D eigenvalue weighted by Gasteiger charge is -2.17. The highest BCUT2D eigenvalue weighted by atomic mass is 79.9. The van der Waals surface area contributed by atoms with E-state index in [2.05, 4.69) is 15.9 Å². The number of methoxy groups -OCH3 is 1. The Bertz CT molecular complexity index is 300. The minimum atomic E-state index is -0.214. The number of rotatable bonds is 3. The van der Waals surface area contributed by atoms with Gasteiger partial charge in [0.05, 0.1) is 0 Å². The van der Waals surface area contributed by atoms with Crippen LogP contribution in [0.2, 0.25) is 0 Å². The molecule has 14 heavy (non-hydrogen) atoms. The second-order valence-electron chi connectivity index (χ2n) is 3.29. The third-order valence-corrected chi connectivity index (χ3v) is 2.50. The van der Waals surface area contributed by atoms with Gasteiger partial charge in [-0.25, -0.2) is 0 Å². The van der Waals surface area contributed by atoms with E-state index in [4.69, 9.17) is 9.47 Å². The summed E-state index contributed by atoms with van der Waals surface area (Å²) in [5.74, 6) is 0.905. The van der Waals surface area contributed by atoms with Gasteiger partial charge in [0.2, 0.25) is 0 Å². The van der Waals surface area contributed by atoms with E-state index in [0.717, 1.165) is 21.3 Å². The SMILES string of the molecule is COC(C)Oc1c(C)cc(Br)cc1C. The number of hydrogen-bond donors (Lipinski definition) is 0. The van der Waals surface area contributed by atoms with Crippen LogP contribution in [0.4, 0.5) is 0 Å². The number of hydrogen-bond acceptors (Lipinski definition) is 2. The summed E-state index contributed by atoms with van der Waals surface area (Å²) in [4.78, 5) is 0. The Morgan fingerprint density at radius 3 is 2.14 bits per heavy atom. The summed E-state index contributed by atoms with van der Waals surface area (Å²) in [6.07, 6.45) is -0.214. The molecule has 2 nitrogen and oxygen atoms in total. The fourth-order valence-electron chi connectivity index (χ4n) is 1.30. The molecule has 1 aromatic rings. The molecule has 3 heteroatoms. The Morgan fingerprint density at radius 1 is 1.21 bits per heavy atom. The molecule has 0 aromatic heterocycles. The molecular formula is C11H15BrO2. The van der Waals surface area contributed by atoms with Gasteiger partial charge in [-0.2, -0.15) is 0 Å².